The van der Waals surface area contributed by atoms with Gasteiger partial charge >= 0.3 is 0 Å². The molecule has 0 aromatic heterocycles. The van der Waals surface area contributed by atoms with Crippen LogP contribution in [0.4, 0.5) is 44.2 Å². The number of anilines is 6. The first-order chi connectivity index (χ1) is 24.7. The third-order valence-electron chi connectivity index (χ3n) is 9.67. The van der Waals surface area contributed by atoms with E-state index in [1.165, 1.54) is 17.7 Å². The average molecular weight is 661 g/mol. The van der Waals surface area contributed by atoms with Crippen molar-refractivity contribution >= 4 is 72.1 Å². The van der Waals surface area contributed by atoms with Crippen molar-refractivity contribution in [1.82, 2.24) is 0 Å². The fraction of sp³-hybridized carbons (Fsp3) is 0.0870. The van der Waals surface area contributed by atoms with E-state index in [2.05, 4.69) is 114 Å². The summed E-state index contributed by atoms with van der Waals surface area (Å²) in [4.78, 5) is 7.98. The second kappa shape index (κ2) is 12.3. The van der Waals surface area contributed by atoms with E-state index in [1.807, 2.05) is 48.5 Å². The molecule has 0 heterocycles. The maximum atomic E-state index is 14.2. The minimum absolute atomic E-state index is 0.0172. The minimum atomic E-state index is -0.301. The van der Waals surface area contributed by atoms with E-state index < -0.39 is 0 Å². The molecular formula is C46H33FN4. The van der Waals surface area contributed by atoms with Gasteiger partial charge in [0.05, 0.1) is 29.6 Å². The lowest BCUT2D eigenvalue weighted by Gasteiger charge is -2.30. The van der Waals surface area contributed by atoms with Gasteiger partial charge in [-0.15, -0.1) is 0 Å². The van der Waals surface area contributed by atoms with Gasteiger partial charge in [-0.3, -0.25) is 0 Å². The van der Waals surface area contributed by atoms with Crippen LogP contribution in [-0.4, -0.2) is 0 Å². The molecule has 0 fully saturated rings. The Morgan fingerprint density at radius 3 is 1.39 bits per heavy atom. The Labute approximate surface area is 297 Å². The van der Waals surface area contributed by atoms with E-state index in [4.69, 9.17) is 6.57 Å². The molecule has 8 rings (SSSR count). The number of hydrogen-bond acceptors (Lipinski definition) is 3. The van der Waals surface area contributed by atoms with Crippen LogP contribution in [0.2, 0.25) is 0 Å². The van der Waals surface area contributed by atoms with Crippen molar-refractivity contribution in [2.75, 3.05) is 9.80 Å². The Hall–Kier alpha value is -6.69. The highest BCUT2D eigenvalue weighted by molar-refractivity contribution is 6.28. The molecule has 0 bridgehead atoms. The van der Waals surface area contributed by atoms with Gasteiger partial charge in [0.2, 0.25) is 0 Å². The van der Waals surface area contributed by atoms with Crippen molar-refractivity contribution < 1.29 is 4.39 Å². The number of halogens is 1. The van der Waals surface area contributed by atoms with Gasteiger partial charge in [0.1, 0.15) is 5.82 Å². The molecule has 0 saturated carbocycles. The maximum absolute atomic E-state index is 14.2. The van der Waals surface area contributed by atoms with E-state index >= 15 is 0 Å². The maximum Gasteiger partial charge on any atom is 0.187 e. The van der Waals surface area contributed by atoms with Crippen LogP contribution < -0.4 is 9.80 Å². The van der Waals surface area contributed by atoms with E-state index in [1.54, 1.807) is 12.1 Å². The third-order valence-corrected chi connectivity index (χ3v) is 9.67. The highest BCUT2D eigenvalue weighted by Crippen LogP contribution is 2.47. The molecule has 51 heavy (non-hydrogen) atoms. The SMILES string of the molecule is [C-]#[N+]c1ccc(N(c2ccc(F)cc2)c2ccc3ccc4c(N(c5ccc(C#N)cc5)c5ccc(C(C)(C)C)cc5)ccc5ccc2c3c54)cc1. The molecule has 0 amide bonds. The second-order valence-corrected chi connectivity index (χ2v) is 13.8. The van der Waals surface area contributed by atoms with Gasteiger partial charge in [0.15, 0.2) is 5.69 Å². The van der Waals surface area contributed by atoms with Crippen LogP contribution in [0.3, 0.4) is 0 Å². The summed E-state index contributed by atoms with van der Waals surface area (Å²) in [7, 11) is 0. The van der Waals surface area contributed by atoms with Gasteiger partial charge in [0.25, 0.3) is 0 Å². The van der Waals surface area contributed by atoms with Crippen LogP contribution in [0.25, 0.3) is 37.2 Å². The van der Waals surface area contributed by atoms with Crippen molar-refractivity contribution in [3.63, 3.8) is 0 Å². The van der Waals surface area contributed by atoms with Gasteiger partial charge in [-0.25, -0.2) is 9.24 Å². The van der Waals surface area contributed by atoms with E-state index in [-0.39, 0.29) is 11.2 Å². The van der Waals surface area contributed by atoms with Crippen molar-refractivity contribution in [2.45, 2.75) is 26.2 Å². The van der Waals surface area contributed by atoms with Crippen molar-refractivity contribution in [3.8, 4) is 6.07 Å². The lowest BCUT2D eigenvalue weighted by molar-refractivity contribution is 0.590. The van der Waals surface area contributed by atoms with Gasteiger partial charge < -0.3 is 9.80 Å². The Bertz CT molecular complexity index is 2620. The monoisotopic (exact) mass is 660 g/mol. The topological polar surface area (TPSA) is 34.6 Å². The van der Waals surface area contributed by atoms with Gasteiger partial charge in [-0.1, -0.05) is 81.4 Å². The molecule has 0 radical (unpaired) electrons. The molecule has 5 heteroatoms. The van der Waals surface area contributed by atoms with Gasteiger partial charge in [-0.05, 0) is 117 Å². The highest BCUT2D eigenvalue weighted by Gasteiger charge is 2.22. The van der Waals surface area contributed by atoms with Crippen molar-refractivity contribution in [2.24, 2.45) is 0 Å². The summed E-state index contributed by atoms with van der Waals surface area (Å²) in [6.07, 6.45) is 0. The lowest BCUT2D eigenvalue weighted by Crippen LogP contribution is -2.13. The van der Waals surface area contributed by atoms with Crippen LogP contribution >= 0.6 is 0 Å². The van der Waals surface area contributed by atoms with E-state index in [0.29, 0.717) is 11.3 Å². The van der Waals surface area contributed by atoms with Gasteiger partial charge in [-0.2, -0.15) is 5.26 Å². The Morgan fingerprint density at radius 2 is 0.961 bits per heavy atom. The van der Waals surface area contributed by atoms with Crippen molar-refractivity contribution in [1.29, 1.82) is 5.26 Å². The molecule has 8 aromatic carbocycles. The molecule has 0 spiro atoms. The van der Waals surface area contributed by atoms with Crippen LogP contribution in [0.1, 0.15) is 31.9 Å². The van der Waals surface area contributed by atoms with Crippen LogP contribution in [-0.2, 0) is 5.41 Å². The first-order valence-electron chi connectivity index (χ1n) is 16.9. The summed E-state index contributed by atoms with van der Waals surface area (Å²) in [5, 5.41) is 16.2. The number of hydrogen-bond donors (Lipinski definition) is 0. The molecule has 244 valence electrons. The van der Waals surface area contributed by atoms with Crippen molar-refractivity contribution in [3.05, 3.63) is 174 Å². The van der Waals surface area contributed by atoms with Crippen LogP contribution in [0.5, 0.6) is 0 Å². The molecule has 0 atom stereocenters. The number of nitrogens with zero attached hydrogens (tertiary/aromatic N) is 4. The summed E-state index contributed by atoms with van der Waals surface area (Å²) in [5.41, 5.74) is 8.08. The predicted octanol–water partition coefficient (Wildman–Crippen LogP) is 13.4. The zero-order valence-electron chi connectivity index (χ0n) is 28.5. The molecule has 0 N–H and O–H groups in total. The largest absolute Gasteiger partial charge is 0.310 e. The minimum Gasteiger partial charge on any atom is -0.310 e. The zero-order chi connectivity index (χ0) is 35.3. The summed E-state index contributed by atoms with van der Waals surface area (Å²) in [6.45, 7) is 14.1. The summed E-state index contributed by atoms with van der Waals surface area (Å²) in [5.74, 6) is -0.301. The lowest BCUT2D eigenvalue weighted by atomic mass is 9.87. The normalized spacial score (nSPS) is 11.5. The number of rotatable bonds is 6. The zero-order valence-corrected chi connectivity index (χ0v) is 28.5. The molecule has 8 aromatic rings. The van der Waals surface area contributed by atoms with Gasteiger partial charge in [0, 0.05) is 33.5 Å². The molecule has 0 aliphatic rings. The number of nitriles is 1. The predicted molar refractivity (Wildman–Crippen MR) is 209 cm³/mol. The first-order valence-corrected chi connectivity index (χ1v) is 16.9. The smallest absolute Gasteiger partial charge is 0.187 e. The third kappa shape index (κ3) is 5.56. The average Bonchev–Trinajstić information content (AvgIpc) is 3.16. The fourth-order valence-corrected chi connectivity index (χ4v) is 7.08. The molecule has 0 aliphatic carbocycles. The standard InChI is InChI=1S/C46H33FN4/c1-46(2,3)33-11-19-37(20-12-33)50(36-17-5-30(29-48)6-18-36)42-27-9-31-8-26-41-43(28-10-32-7-25-40(42)44(31)45(32)41)51(38-21-13-34(47)14-22-38)39-23-15-35(49-4)16-24-39/h5-28H,1-3H3. The van der Waals surface area contributed by atoms with Crippen LogP contribution in [0.15, 0.2) is 146 Å². The highest BCUT2D eigenvalue weighted by atomic mass is 19.1. The first kappa shape index (κ1) is 31.6. The Kier molecular flexibility index (Phi) is 7.63. The second-order valence-electron chi connectivity index (χ2n) is 13.8. The fourth-order valence-electron chi connectivity index (χ4n) is 7.08. The molecule has 0 saturated heterocycles. The molecule has 0 unspecified atom stereocenters. The Morgan fingerprint density at radius 1 is 0.549 bits per heavy atom. The molecule has 0 aliphatic heterocycles. The van der Waals surface area contributed by atoms with E-state index in [9.17, 15) is 9.65 Å². The van der Waals surface area contributed by atoms with E-state index in [0.717, 1.165) is 66.4 Å². The summed E-state index contributed by atoms with van der Waals surface area (Å²) < 4.78 is 14.2. The summed E-state index contributed by atoms with van der Waals surface area (Å²) >= 11 is 0. The Balaban J connectivity index is 1.37. The quantitative estimate of drug-likeness (QED) is 0.131. The molecular weight excluding hydrogens is 628 g/mol. The molecule has 4 nitrogen and oxygen atoms in total. The summed E-state index contributed by atoms with van der Waals surface area (Å²) in [6, 6.07) is 50.1. The van der Waals surface area contributed by atoms with Crippen LogP contribution in [0, 0.1) is 23.7 Å². The number of benzene rings is 8.